The molecular weight excluding hydrogens is 335 g/mol. The molecule has 0 saturated heterocycles. The van der Waals surface area contributed by atoms with Gasteiger partial charge in [-0.05, 0) is 41.1 Å². The van der Waals surface area contributed by atoms with Crippen LogP contribution < -0.4 is 10.2 Å². The fraction of sp³-hybridized carbons (Fsp3) is 0.0500. The van der Waals surface area contributed by atoms with Gasteiger partial charge in [0.05, 0.1) is 11.3 Å². The average Bonchev–Trinajstić information content (AvgIpc) is 2.86. The number of halogens is 1. The minimum atomic E-state index is -0.834. The van der Waals surface area contributed by atoms with Crippen LogP contribution in [0.5, 0.6) is 0 Å². The Labute approximate surface area is 148 Å². The molecule has 4 rings (SSSR count). The highest BCUT2D eigenvalue weighted by molar-refractivity contribution is 6.52. The van der Waals surface area contributed by atoms with E-state index in [0.717, 1.165) is 27.8 Å². The van der Waals surface area contributed by atoms with Crippen LogP contribution in [0.4, 0.5) is 15.8 Å². The van der Waals surface area contributed by atoms with E-state index in [-0.39, 0.29) is 17.8 Å². The van der Waals surface area contributed by atoms with E-state index in [9.17, 15) is 18.8 Å². The summed E-state index contributed by atoms with van der Waals surface area (Å²) in [7, 11) is 0. The molecule has 3 aromatic rings. The molecule has 0 fully saturated rings. The van der Waals surface area contributed by atoms with E-state index in [0.29, 0.717) is 5.69 Å². The summed E-state index contributed by atoms with van der Waals surface area (Å²) >= 11 is 0. The zero-order chi connectivity index (χ0) is 18.3. The Balaban J connectivity index is 1.54. The predicted molar refractivity (Wildman–Crippen MR) is 95.7 cm³/mol. The number of amides is 2. The fourth-order valence-corrected chi connectivity index (χ4v) is 3.04. The van der Waals surface area contributed by atoms with Crippen LogP contribution in [0.3, 0.4) is 0 Å². The topological polar surface area (TPSA) is 66.5 Å². The van der Waals surface area contributed by atoms with E-state index >= 15 is 0 Å². The number of benzene rings is 3. The van der Waals surface area contributed by atoms with Crippen molar-refractivity contribution in [2.75, 3.05) is 16.8 Å². The number of rotatable bonds is 3. The lowest BCUT2D eigenvalue weighted by atomic mass is 10.1. The van der Waals surface area contributed by atoms with E-state index in [1.54, 1.807) is 6.07 Å². The lowest BCUT2D eigenvalue weighted by Gasteiger charge is -2.16. The van der Waals surface area contributed by atoms with Crippen molar-refractivity contribution >= 4 is 39.7 Å². The van der Waals surface area contributed by atoms with Gasteiger partial charge in [0.2, 0.25) is 5.91 Å². The summed E-state index contributed by atoms with van der Waals surface area (Å²) in [6, 6.07) is 16.7. The highest BCUT2D eigenvalue weighted by atomic mass is 19.1. The summed E-state index contributed by atoms with van der Waals surface area (Å²) < 4.78 is 13.3. The molecule has 1 aliphatic heterocycles. The van der Waals surface area contributed by atoms with Gasteiger partial charge in [-0.25, -0.2) is 4.39 Å². The zero-order valence-corrected chi connectivity index (χ0v) is 13.5. The van der Waals surface area contributed by atoms with Crippen LogP contribution in [0.25, 0.3) is 10.8 Å². The molecule has 26 heavy (non-hydrogen) atoms. The molecule has 5 nitrogen and oxygen atoms in total. The fourth-order valence-electron chi connectivity index (χ4n) is 3.04. The van der Waals surface area contributed by atoms with Gasteiger partial charge in [-0.2, -0.15) is 0 Å². The van der Waals surface area contributed by atoms with Crippen LogP contribution in [0, 0.1) is 5.82 Å². The molecule has 0 radical (unpaired) electrons. The van der Waals surface area contributed by atoms with Gasteiger partial charge >= 0.3 is 0 Å². The molecule has 128 valence electrons. The Morgan fingerprint density at radius 2 is 1.73 bits per heavy atom. The molecule has 3 aromatic carbocycles. The summed E-state index contributed by atoms with van der Waals surface area (Å²) in [5.74, 6) is -2.69. The number of fused-ring (bicyclic) bond motifs is 2. The first kappa shape index (κ1) is 16.0. The first-order valence-corrected chi connectivity index (χ1v) is 7.97. The van der Waals surface area contributed by atoms with Gasteiger partial charge in [0.15, 0.2) is 0 Å². The number of carbonyl (C=O) groups excluding carboxylic acids is 3. The third-order valence-electron chi connectivity index (χ3n) is 4.27. The predicted octanol–water partition coefficient (Wildman–Crippen LogP) is 3.15. The van der Waals surface area contributed by atoms with E-state index in [1.165, 1.54) is 6.07 Å². The van der Waals surface area contributed by atoms with E-state index in [1.807, 2.05) is 36.4 Å². The Kier molecular flexibility index (Phi) is 3.73. The quantitative estimate of drug-likeness (QED) is 0.740. The van der Waals surface area contributed by atoms with Crippen molar-refractivity contribution in [2.24, 2.45) is 0 Å². The van der Waals surface area contributed by atoms with Gasteiger partial charge in [-0.3, -0.25) is 19.3 Å². The van der Waals surface area contributed by atoms with Gasteiger partial charge in [0, 0.05) is 5.69 Å². The molecule has 0 aliphatic carbocycles. The Morgan fingerprint density at radius 3 is 2.54 bits per heavy atom. The maximum Gasteiger partial charge on any atom is 0.299 e. The summed E-state index contributed by atoms with van der Waals surface area (Å²) in [6.07, 6.45) is 0. The molecule has 0 atom stereocenters. The number of hydrogen-bond donors (Lipinski definition) is 1. The molecule has 0 bridgehead atoms. The standard InChI is InChI=1S/C20H13FN2O3/c21-14-6-8-17-16(10-14)19(25)20(26)23(17)11-18(24)22-15-7-5-12-3-1-2-4-13(12)9-15/h1-10H,11H2,(H,22,24). The van der Waals surface area contributed by atoms with Crippen LogP contribution in [-0.2, 0) is 9.59 Å². The SMILES string of the molecule is O=C(CN1C(=O)C(=O)c2cc(F)ccc21)Nc1ccc2ccccc2c1. The van der Waals surface area contributed by atoms with Gasteiger partial charge < -0.3 is 5.32 Å². The molecule has 1 aliphatic rings. The van der Waals surface area contributed by atoms with E-state index in [4.69, 9.17) is 0 Å². The molecule has 0 unspecified atom stereocenters. The number of anilines is 2. The Morgan fingerprint density at radius 1 is 0.962 bits per heavy atom. The van der Waals surface area contributed by atoms with Gasteiger partial charge in [-0.1, -0.05) is 30.3 Å². The van der Waals surface area contributed by atoms with Crippen LogP contribution in [0.1, 0.15) is 10.4 Å². The Bertz CT molecular complexity index is 1080. The van der Waals surface area contributed by atoms with Crippen LogP contribution in [0.2, 0.25) is 0 Å². The van der Waals surface area contributed by atoms with Gasteiger partial charge in [-0.15, -0.1) is 0 Å². The molecule has 1 N–H and O–H groups in total. The second-order valence-corrected chi connectivity index (χ2v) is 5.99. The summed E-state index contributed by atoms with van der Waals surface area (Å²) in [4.78, 5) is 37.5. The zero-order valence-electron chi connectivity index (χ0n) is 13.5. The largest absolute Gasteiger partial charge is 0.325 e. The monoisotopic (exact) mass is 348 g/mol. The third kappa shape index (κ3) is 2.71. The maximum absolute atomic E-state index is 13.3. The number of ketones is 1. The molecule has 2 amide bonds. The minimum absolute atomic E-state index is 0.0199. The highest BCUT2D eigenvalue weighted by Crippen LogP contribution is 2.29. The average molecular weight is 348 g/mol. The van der Waals surface area contributed by atoms with Crippen LogP contribution in [-0.4, -0.2) is 24.1 Å². The van der Waals surface area contributed by atoms with Gasteiger partial charge in [0.1, 0.15) is 12.4 Å². The van der Waals surface area contributed by atoms with Crippen molar-refractivity contribution in [2.45, 2.75) is 0 Å². The number of carbonyl (C=O) groups is 3. The first-order valence-electron chi connectivity index (χ1n) is 7.97. The van der Waals surface area contributed by atoms with Crippen LogP contribution in [0.15, 0.2) is 60.7 Å². The molecule has 0 aromatic heterocycles. The smallest absolute Gasteiger partial charge is 0.299 e. The van der Waals surface area contributed by atoms with E-state index < -0.39 is 23.4 Å². The van der Waals surface area contributed by atoms with Crippen molar-refractivity contribution in [3.8, 4) is 0 Å². The maximum atomic E-state index is 13.3. The summed E-state index contributed by atoms with van der Waals surface area (Å²) in [5, 5.41) is 4.73. The number of nitrogens with zero attached hydrogens (tertiary/aromatic N) is 1. The summed E-state index contributed by atoms with van der Waals surface area (Å²) in [6.45, 7) is -0.323. The van der Waals surface area contributed by atoms with Crippen molar-refractivity contribution < 1.29 is 18.8 Å². The molecular formula is C20H13FN2O3. The van der Waals surface area contributed by atoms with Crippen molar-refractivity contribution in [3.63, 3.8) is 0 Å². The Hall–Kier alpha value is -3.54. The molecule has 0 saturated carbocycles. The lowest BCUT2D eigenvalue weighted by Crippen LogP contribution is -2.37. The minimum Gasteiger partial charge on any atom is -0.325 e. The first-order chi connectivity index (χ1) is 12.5. The second kappa shape index (κ2) is 6.07. The lowest BCUT2D eigenvalue weighted by molar-refractivity contribution is -0.118. The van der Waals surface area contributed by atoms with Crippen molar-refractivity contribution in [1.29, 1.82) is 0 Å². The second-order valence-electron chi connectivity index (χ2n) is 5.99. The van der Waals surface area contributed by atoms with Crippen LogP contribution >= 0.6 is 0 Å². The molecule has 6 heteroatoms. The third-order valence-corrected chi connectivity index (χ3v) is 4.27. The van der Waals surface area contributed by atoms with Gasteiger partial charge in [0.25, 0.3) is 11.7 Å². The number of hydrogen-bond acceptors (Lipinski definition) is 3. The highest BCUT2D eigenvalue weighted by Gasteiger charge is 2.37. The van der Waals surface area contributed by atoms with Crippen molar-refractivity contribution in [1.82, 2.24) is 0 Å². The summed E-state index contributed by atoms with van der Waals surface area (Å²) in [5.41, 5.74) is 0.814. The molecule has 0 spiro atoms. The number of Topliss-reactive ketones (excluding diaryl/α,β-unsaturated/α-hetero) is 1. The molecule has 1 heterocycles. The van der Waals surface area contributed by atoms with Crippen molar-refractivity contribution in [3.05, 3.63) is 72.0 Å². The normalized spacial score (nSPS) is 13.2. The van der Waals surface area contributed by atoms with E-state index in [2.05, 4.69) is 5.32 Å². The number of nitrogens with one attached hydrogen (secondary N) is 1.